The highest BCUT2D eigenvalue weighted by molar-refractivity contribution is 6.05. The Morgan fingerprint density at radius 2 is 1.85 bits per heavy atom. The Balaban J connectivity index is 1.61. The van der Waals surface area contributed by atoms with Crippen LogP contribution in [0.5, 0.6) is 0 Å². The lowest BCUT2D eigenvalue weighted by Gasteiger charge is -2.13. The van der Waals surface area contributed by atoms with Crippen LogP contribution in [-0.2, 0) is 9.59 Å². The molecule has 5 heteroatoms. The summed E-state index contributed by atoms with van der Waals surface area (Å²) in [6.45, 7) is 0. The standard InChI is InChI=1S/C21H21N3O2/c25-20(13-12-17-9-5-6-14-22-17)23-18-10-3-4-11-19(18)24-21(26)15-16-7-1-2-8-16/h1,3-7,9-14,16H,2,8,15H2,(H,23,25)(H,24,26). The van der Waals surface area contributed by atoms with Crippen molar-refractivity contribution in [2.75, 3.05) is 10.6 Å². The van der Waals surface area contributed by atoms with Crippen LogP contribution in [0.25, 0.3) is 6.08 Å². The molecule has 1 unspecified atom stereocenters. The fourth-order valence-electron chi connectivity index (χ4n) is 2.82. The van der Waals surface area contributed by atoms with E-state index < -0.39 is 0 Å². The molecule has 0 spiro atoms. The van der Waals surface area contributed by atoms with E-state index in [2.05, 4.69) is 27.8 Å². The predicted molar refractivity (Wildman–Crippen MR) is 103 cm³/mol. The van der Waals surface area contributed by atoms with E-state index in [9.17, 15) is 9.59 Å². The first-order chi connectivity index (χ1) is 12.7. The molecule has 0 saturated heterocycles. The molecule has 0 bridgehead atoms. The number of carbonyl (C=O) groups is 2. The quantitative estimate of drug-likeness (QED) is 0.612. The van der Waals surface area contributed by atoms with Gasteiger partial charge in [-0.3, -0.25) is 14.6 Å². The van der Waals surface area contributed by atoms with Gasteiger partial charge in [-0.2, -0.15) is 0 Å². The van der Waals surface area contributed by atoms with E-state index in [1.807, 2.05) is 30.3 Å². The number of allylic oxidation sites excluding steroid dienone is 2. The smallest absolute Gasteiger partial charge is 0.248 e. The molecule has 0 saturated carbocycles. The monoisotopic (exact) mass is 347 g/mol. The van der Waals surface area contributed by atoms with Crippen LogP contribution in [-0.4, -0.2) is 16.8 Å². The van der Waals surface area contributed by atoms with Crippen LogP contribution in [0.3, 0.4) is 0 Å². The zero-order valence-corrected chi connectivity index (χ0v) is 14.4. The normalized spacial score (nSPS) is 15.9. The molecule has 2 N–H and O–H groups in total. The first-order valence-corrected chi connectivity index (χ1v) is 8.66. The molecule has 1 atom stereocenters. The summed E-state index contributed by atoms with van der Waals surface area (Å²) in [5.41, 5.74) is 1.87. The highest BCUT2D eigenvalue weighted by atomic mass is 16.2. The zero-order chi connectivity index (χ0) is 18.2. The topological polar surface area (TPSA) is 71.1 Å². The van der Waals surface area contributed by atoms with Gasteiger partial charge in [0.2, 0.25) is 11.8 Å². The van der Waals surface area contributed by atoms with Crippen molar-refractivity contribution in [1.29, 1.82) is 0 Å². The predicted octanol–water partition coefficient (Wildman–Crippen LogP) is 4.03. The SMILES string of the molecule is O=C(C=Cc1ccccn1)Nc1ccccc1NC(=O)CC1C=CCC1. The maximum Gasteiger partial charge on any atom is 0.248 e. The number of anilines is 2. The number of benzene rings is 1. The minimum Gasteiger partial charge on any atom is -0.324 e. The third-order valence-corrected chi connectivity index (χ3v) is 4.11. The number of pyridine rings is 1. The Kier molecular flexibility index (Phi) is 5.93. The van der Waals surface area contributed by atoms with Crippen molar-refractivity contribution < 1.29 is 9.59 Å². The van der Waals surface area contributed by atoms with E-state index in [1.54, 1.807) is 24.4 Å². The summed E-state index contributed by atoms with van der Waals surface area (Å²) in [5.74, 6) is -0.0265. The second kappa shape index (κ2) is 8.76. The fraction of sp³-hybridized carbons (Fsp3) is 0.190. The fourth-order valence-corrected chi connectivity index (χ4v) is 2.82. The molecule has 3 rings (SSSR count). The van der Waals surface area contributed by atoms with Crippen molar-refractivity contribution in [3.8, 4) is 0 Å². The second-order valence-corrected chi connectivity index (χ2v) is 6.14. The van der Waals surface area contributed by atoms with E-state index in [1.165, 1.54) is 6.08 Å². The van der Waals surface area contributed by atoms with Gasteiger partial charge in [0.1, 0.15) is 0 Å². The average molecular weight is 347 g/mol. The van der Waals surface area contributed by atoms with Crippen LogP contribution in [0.2, 0.25) is 0 Å². The third-order valence-electron chi connectivity index (χ3n) is 4.11. The molecular weight excluding hydrogens is 326 g/mol. The van der Waals surface area contributed by atoms with Crippen LogP contribution in [0.1, 0.15) is 25.0 Å². The molecule has 0 aliphatic heterocycles. The summed E-state index contributed by atoms with van der Waals surface area (Å²) in [4.78, 5) is 28.5. The Morgan fingerprint density at radius 1 is 1.08 bits per heavy atom. The number of amides is 2. The van der Waals surface area contributed by atoms with Crippen molar-refractivity contribution in [2.45, 2.75) is 19.3 Å². The number of nitrogens with zero attached hydrogens (tertiary/aromatic N) is 1. The van der Waals surface area contributed by atoms with Gasteiger partial charge in [0.15, 0.2) is 0 Å². The largest absolute Gasteiger partial charge is 0.324 e. The van der Waals surface area contributed by atoms with Gasteiger partial charge in [0.25, 0.3) is 0 Å². The Bertz CT molecular complexity index is 828. The first-order valence-electron chi connectivity index (χ1n) is 8.66. The lowest BCUT2D eigenvalue weighted by Crippen LogP contribution is -2.17. The maximum atomic E-state index is 12.2. The van der Waals surface area contributed by atoms with Crippen LogP contribution in [0.4, 0.5) is 11.4 Å². The molecule has 1 aromatic heterocycles. The van der Waals surface area contributed by atoms with Gasteiger partial charge in [-0.15, -0.1) is 0 Å². The van der Waals surface area contributed by atoms with Crippen LogP contribution in [0.15, 0.2) is 66.9 Å². The molecule has 5 nitrogen and oxygen atoms in total. The van der Waals surface area contributed by atoms with Crippen molar-refractivity contribution in [1.82, 2.24) is 4.98 Å². The summed E-state index contributed by atoms with van der Waals surface area (Å²) >= 11 is 0. The number of para-hydroxylation sites is 2. The lowest BCUT2D eigenvalue weighted by atomic mass is 10.0. The van der Waals surface area contributed by atoms with Crippen molar-refractivity contribution in [3.05, 3.63) is 72.6 Å². The van der Waals surface area contributed by atoms with Gasteiger partial charge >= 0.3 is 0 Å². The summed E-state index contributed by atoms with van der Waals surface area (Å²) in [6, 6.07) is 12.7. The van der Waals surface area contributed by atoms with Crippen molar-refractivity contribution in [2.24, 2.45) is 5.92 Å². The lowest BCUT2D eigenvalue weighted by molar-refractivity contribution is -0.117. The summed E-state index contributed by atoms with van der Waals surface area (Å²) in [6.07, 6.45) is 11.4. The molecular formula is C21H21N3O2. The highest BCUT2D eigenvalue weighted by Crippen LogP contribution is 2.24. The molecule has 1 aliphatic rings. The Hall–Kier alpha value is -3.21. The van der Waals surface area contributed by atoms with E-state index in [0.29, 0.717) is 29.4 Å². The highest BCUT2D eigenvalue weighted by Gasteiger charge is 2.15. The minimum absolute atomic E-state index is 0.0488. The number of nitrogens with one attached hydrogen (secondary N) is 2. The molecule has 2 aromatic rings. The van der Waals surface area contributed by atoms with E-state index >= 15 is 0 Å². The van der Waals surface area contributed by atoms with Crippen LogP contribution in [0, 0.1) is 5.92 Å². The van der Waals surface area contributed by atoms with E-state index in [0.717, 1.165) is 12.8 Å². The van der Waals surface area contributed by atoms with Crippen molar-refractivity contribution >= 4 is 29.3 Å². The molecule has 1 aromatic carbocycles. The van der Waals surface area contributed by atoms with E-state index in [4.69, 9.17) is 0 Å². The van der Waals surface area contributed by atoms with E-state index in [-0.39, 0.29) is 11.8 Å². The molecule has 2 amide bonds. The number of carbonyl (C=O) groups excluding carboxylic acids is 2. The summed E-state index contributed by atoms with van der Waals surface area (Å²) < 4.78 is 0. The molecule has 1 aliphatic carbocycles. The molecule has 0 radical (unpaired) electrons. The average Bonchev–Trinajstić information content (AvgIpc) is 3.15. The number of hydrogen-bond donors (Lipinski definition) is 2. The third kappa shape index (κ3) is 5.14. The first kappa shape index (κ1) is 17.6. The summed E-state index contributed by atoms with van der Waals surface area (Å²) in [7, 11) is 0. The van der Waals surface area contributed by atoms with Gasteiger partial charge in [0.05, 0.1) is 17.1 Å². The van der Waals surface area contributed by atoms with Gasteiger partial charge < -0.3 is 10.6 Å². The maximum absolute atomic E-state index is 12.2. The number of aromatic nitrogens is 1. The zero-order valence-electron chi connectivity index (χ0n) is 14.4. The number of hydrogen-bond acceptors (Lipinski definition) is 3. The molecule has 132 valence electrons. The minimum atomic E-state index is -0.281. The van der Waals surface area contributed by atoms with Crippen LogP contribution >= 0.6 is 0 Å². The molecule has 0 fully saturated rings. The van der Waals surface area contributed by atoms with Crippen LogP contribution < -0.4 is 10.6 Å². The Morgan fingerprint density at radius 3 is 2.54 bits per heavy atom. The van der Waals surface area contributed by atoms with Crippen molar-refractivity contribution in [3.63, 3.8) is 0 Å². The van der Waals surface area contributed by atoms with Gasteiger partial charge in [-0.1, -0.05) is 30.4 Å². The Labute approximate surface area is 152 Å². The molecule has 1 heterocycles. The van der Waals surface area contributed by atoms with Gasteiger partial charge in [-0.25, -0.2) is 0 Å². The van der Waals surface area contributed by atoms with Gasteiger partial charge in [0, 0.05) is 18.7 Å². The summed E-state index contributed by atoms with van der Waals surface area (Å²) in [5, 5.41) is 5.69. The molecule has 26 heavy (non-hydrogen) atoms. The second-order valence-electron chi connectivity index (χ2n) is 6.14. The van der Waals surface area contributed by atoms with Gasteiger partial charge in [-0.05, 0) is 49.1 Å². The number of rotatable bonds is 6.